The zero-order valence-corrected chi connectivity index (χ0v) is 7.56. The maximum atomic E-state index is 11.2. The minimum atomic E-state index is -0.324. The standard InChI is InChI=1S/C8H9NO2S/c1-3-4-11-8(10)7-6(2)9-5-12-7/h3,5H,1,4H2,2H3. The summed E-state index contributed by atoms with van der Waals surface area (Å²) >= 11 is 1.29. The predicted octanol–water partition coefficient (Wildman–Crippen LogP) is 1.79. The third-order valence-corrected chi connectivity index (χ3v) is 2.17. The summed E-state index contributed by atoms with van der Waals surface area (Å²) in [7, 11) is 0. The van der Waals surface area contributed by atoms with E-state index < -0.39 is 0 Å². The molecule has 1 rings (SSSR count). The first-order valence-electron chi connectivity index (χ1n) is 3.44. The molecule has 1 aromatic heterocycles. The molecule has 12 heavy (non-hydrogen) atoms. The lowest BCUT2D eigenvalue weighted by atomic mass is 10.4. The van der Waals surface area contributed by atoms with Crippen molar-refractivity contribution >= 4 is 17.3 Å². The Balaban J connectivity index is 2.65. The molecule has 0 saturated heterocycles. The van der Waals surface area contributed by atoms with Gasteiger partial charge in [0, 0.05) is 0 Å². The lowest BCUT2D eigenvalue weighted by Crippen LogP contribution is -2.04. The molecule has 0 aliphatic heterocycles. The van der Waals surface area contributed by atoms with E-state index in [0.29, 0.717) is 10.6 Å². The van der Waals surface area contributed by atoms with Gasteiger partial charge in [-0.1, -0.05) is 12.7 Å². The van der Waals surface area contributed by atoms with Crippen LogP contribution < -0.4 is 0 Å². The number of ether oxygens (including phenoxy) is 1. The van der Waals surface area contributed by atoms with E-state index in [9.17, 15) is 4.79 Å². The van der Waals surface area contributed by atoms with Crippen LogP contribution >= 0.6 is 11.3 Å². The lowest BCUT2D eigenvalue weighted by Gasteiger charge is -1.98. The van der Waals surface area contributed by atoms with Crippen molar-refractivity contribution in [3.05, 3.63) is 28.7 Å². The number of carbonyl (C=O) groups is 1. The highest BCUT2D eigenvalue weighted by atomic mass is 32.1. The Bertz CT molecular complexity index is 293. The highest BCUT2D eigenvalue weighted by Gasteiger charge is 2.11. The van der Waals surface area contributed by atoms with Crippen LogP contribution in [0.5, 0.6) is 0 Å². The molecule has 64 valence electrons. The summed E-state index contributed by atoms with van der Waals surface area (Å²) in [5.74, 6) is -0.324. The Morgan fingerprint density at radius 3 is 3.17 bits per heavy atom. The second kappa shape index (κ2) is 4.01. The van der Waals surface area contributed by atoms with Crippen LogP contribution in [0.2, 0.25) is 0 Å². The number of thiazole rings is 1. The van der Waals surface area contributed by atoms with Gasteiger partial charge in [-0.05, 0) is 6.92 Å². The van der Waals surface area contributed by atoms with Crippen LogP contribution in [0.25, 0.3) is 0 Å². The van der Waals surface area contributed by atoms with Crippen molar-refractivity contribution in [1.82, 2.24) is 4.98 Å². The number of carbonyl (C=O) groups excluding carboxylic acids is 1. The highest BCUT2D eigenvalue weighted by Crippen LogP contribution is 2.12. The first kappa shape index (κ1) is 8.93. The maximum Gasteiger partial charge on any atom is 0.350 e. The molecule has 0 fully saturated rings. The summed E-state index contributed by atoms with van der Waals surface area (Å²) in [4.78, 5) is 15.7. The topological polar surface area (TPSA) is 39.2 Å². The normalized spacial score (nSPS) is 9.42. The first-order valence-corrected chi connectivity index (χ1v) is 4.31. The van der Waals surface area contributed by atoms with Crippen LogP contribution in [0.1, 0.15) is 15.4 Å². The Labute approximate surface area is 74.7 Å². The molecule has 0 aliphatic carbocycles. The van der Waals surface area contributed by atoms with Crippen LogP contribution in [-0.4, -0.2) is 17.6 Å². The molecule has 1 heterocycles. The third kappa shape index (κ3) is 1.92. The van der Waals surface area contributed by atoms with E-state index in [0.717, 1.165) is 0 Å². The second-order valence-electron chi connectivity index (χ2n) is 2.15. The number of esters is 1. The molecule has 0 atom stereocenters. The zero-order valence-electron chi connectivity index (χ0n) is 6.74. The van der Waals surface area contributed by atoms with Gasteiger partial charge in [0.15, 0.2) is 0 Å². The van der Waals surface area contributed by atoms with E-state index in [4.69, 9.17) is 4.74 Å². The molecule has 0 N–H and O–H groups in total. The molecule has 0 unspecified atom stereocenters. The van der Waals surface area contributed by atoms with E-state index in [1.54, 1.807) is 12.4 Å². The molecule has 0 saturated carbocycles. The van der Waals surface area contributed by atoms with Gasteiger partial charge >= 0.3 is 5.97 Å². The predicted molar refractivity (Wildman–Crippen MR) is 47.3 cm³/mol. The van der Waals surface area contributed by atoms with E-state index in [1.807, 2.05) is 0 Å². The summed E-state index contributed by atoms with van der Waals surface area (Å²) in [6.07, 6.45) is 1.54. The number of aryl methyl sites for hydroxylation is 1. The van der Waals surface area contributed by atoms with Crippen LogP contribution in [0.3, 0.4) is 0 Å². The molecular formula is C8H9NO2S. The summed E-state index contributed by atoms with van der Waals surface area (Å²) in [6, 6.07) is 0. The van der Waals surface area contributed by atoms with Crippen molar-refractivity contribution < 1.29 is 9.53 Å². The largest absolute Gasteiger partial charge is 0.457 e. The number of hydrogen-bond donors (Lipinski definition) is 0. The summed E-state index contributed by atoms with van der Waals surface area (Å²) in [5, 5.41) is 0. The van der Waals surface area contributed by atoms with E-state index in [2.05, 4.69) is 11.6 Å². The molecule has 3 nitrogen and oxygen atoms in total. The van der Waals surface area contributed by atoms with Gasteiger partial charge in [0.2, 0.25) is 0 Å². The molecular weight excluding hydrogens is 174 g/mol. The third-order valence-electron chi connectivity index (χ3n) is 1.26. The fourth-order valence-electron chi connectivity index (χ4n) is 0.698. The Kier molecular flexibility index (Phi) is 2.99. The van der Waals surface area contributed by atoms with Gasteiger partial charge in [-0.3, -0.25) is 0 Å². The van der Waals surface area contributed by atoms with Gasteiger partial charge in [-0.2, -0.15) is 0 Å². The summed E-state index contributed by atoms with van der Waals surface area (Å²) < 4.78 is 4.83. The molecule has 0 bridgehead atoms. The van der Waals surface area contributed by atoms with E-state index >= 15 is 0 Å². The van der Waals surface area contributed by atoms with Gasteiger partial charge in [0.25, 0.3) is 0 Å². The van der Waals surface area contributed by atoms with Gasteiger partial charge < -0.3 is 4.74 Å². The lowest BCUT2D eigenvalue weighted by molar-refractivity contribution is 0.0554. The van der Waals surface area contributed by atoms with Crippen molar-refractivity contribution in [2.45, 2.75) is 6.92 Å². The minimum Gasteiger partial charge on any atom is -0.457 e. The maximum absolute atomic E-state index is 11.2. The summed E-state index contributed by atoms with van der Waals surface area (Å²) in [5.41, 5.74) is 2.34. The quantitative estimate of drug-likeness (QED) is 0.529. The SMILES string of the molecule is C=CCOC(=O)c1scnc1C. The molecule has 0 amide bonds. The molecule has 4 heteroatoms. The van der Waals surface area contributed by atoms with E-state index in [-0.39, 0.29) is 12.6 Å². The molecule has 1 aromatic rings. The number of hydrogen-bond acceptors (Lipinski definition) is 4. The Morgan fingerprint density at radius 1 is 1.92 bits per heavy atom. The van der Waals surface area contributed by atoms with Crippen molar-refractivity contribution in [1.29, 1.82) is 0 Å². The van der Waals surface area contributed by atoms with Crippen LogP contribution in [0.15, 0.2) is 18.2 Å². The summed E-state index contributed by atoms with van der Waals surface area (Å²) in [6.45, 7) is 5.47. The Hall–Kier alpha value is -1.16. The second-order valence-corrected chi connectivity index (χ2v) is 3.01. The zero-order chi connectivity index (χ0) is 8.97. The van der Waals surface area contributed by atoms with Gasteiger partial charge in [-0.15, -0.1) is 11.3 Å². The fraction of sp³-hybridized carbons (Fsp3) is 0.250. The van der Waals surface area contributed by atoms with Crippen LogP contribution in [0.4, 0.5) is 0 Å². The van der Waals surface area contributed by atoms with Crippen molar-refractivity contribution in [3.63, 3.8) is 0 Å². The Morgan fingerprint density at radius 2 is 2.67 bits per heavy atom. The van der Waals surface area contributed by atoms with Crippen molar-refractivity contribution in [2.24, 2.45) is 0 Å². The van der Waals surface area contributed by atoms with Crippen molar-refractivity contribution in [2.75, 3.05) is 6.61 Å². The molecule has 0 radical (unpaired) electrons. The monoisotopic (exact) mass is 183 g/mol. The van der Waals surface area contributed by atoms with Gasteiger partial charge in [0.05, 0.1) is 11.2 Å². The number of aromatic nitrogens is 1. The average Bonchev–Trinajstić information content (AvgIpc) is 2.47. The molecule has 0 aromatic carbocycles. The van der Waals surface area contributed by atoms with Crippen LogP contribution in [-0.2, 0) is 4.74 Å². The molecule has 0 aliphatic rings. The minimum absolute atomic E-state index is 0.246. The van der Waals surface area contributed by atoms with Crippen molar-refractivity contribution in [3.8, 4) is 0 Å². The van der Waals surface area contributed by atoms with Crippen LogP contribution in [0, 0.1) is 6.92 Å². The smallest absolute Gasteiger partial charge is 0.350 e. The highest BCUT2D eigenvalue weighted by molar-refractivity contribution is 7.11. The first-order chi connectivity index (χ1) is 5.75. The molecule has 0 spiro atoms. The van der Waals surface area contributed by atoms with E-state index in [1.165, 1.54) is 17.4 Å². The average molecular weight is 183 g/mol. The van der Waals surface area contributed by atoms with Gasteiger partial charge in [-0.25, -0.2) is 9.78 Å². The number of nitrogens with zero attached hydrogens (tertiary/aromatic N) is 1. The van der Waals surface area contributed by atoms with Gasteiger partial charge in [0.1, 0.15) is 11.5 Å². The fourth-order valence-corrected chi connectivity index (χ4v) is 1.39. The number of rotatable bonds is 3.